The van der Waals surface area contributed by atoms with E-state index >= 15 is 0 Å². The predicted molar refractivity (Wildman–Crippen MR) is 73.5 cm³/mol. The summed E-state index contributed by atoms with van der Waals surface area (Å²) >= 11 is 0. The monoisotopic (exact) mass is 245 g/mol. The number of aryl methyl sites for hydroxylation is 1. The highest BCUT2D eigenvalue weighted by Gasteiger charge is 2.12. The summed E-state index contributed by atoms with van der Waals surface area (Å²) in [5.74, 6) is 0. The minimum absolute atomic E-state index is 0.00556. The standard InChI is InChI=1S/C14H19N3O/c1-10-6-4-5-7-13(10)17-11(2)12(8-9-15-3)14(18)16-17/h4-7,15H,8-9H2,1-3H3,(H,16,18). The fourth-order valence-electron chi connectivity index (χ4n) is 2.15. The highest BCUT2D eigenvalue weighted by Crippen LogP contribution is 2.15. The molecule has 0 fully saturated rings. The lowest BCUT2D eigenvalue weighted by molar-refractivity contribution is 0.783. The number of likely N-dealkylation sites (N-methyl/N-ethyl adjacent to an activating group) is 1. The lowest BCUT2D eigenvalue weighted by atomic mass is 10.1. The Morgan fingerprint density at radius 2 is 2.00 bits per heavy atom. The molecule has 2 N–H and O–H groups in total. The summed E-state index contributed by atoms with van der Waals surface area (Å²) in [5.41, 5.74) is 4.03. The smallest absolute Gasteiger partial charge is 0.267 e. The summed E-state index contributed by atoms with van der Waals surface area (Å²) in [6.07, 6.45) is 0.747. The number of para-hydroxylation sites is 1. The molecule has 4 nitrogen and oxygen atoms in total. The highest BCUT2D eigenvalue weighted by atomic mass is 16.1. The van der Waals surface area contributed by atoms with Crippen molar-refractivity contribution in [3.8, 4) is 5.69 Å². The van der Waals surface area contributed by atoms with Crippen LogP contribution in [0.1, 0.15) is 16.8 Å². The van der Waals surface area contributed by atoms with Gasteiger partial charge in [-0.15, -0.1) is 0 Å². The van der Waals surface area contributed by atoms with E-state index < -0.39 is 0 Å². The van der Waals surface area contributed by atoms with Crippen molar-refractivity contribution in [1.29, 1.82) is 0 Å². The van der Waals surface area contributed by atoms with Crippen LogP contribution in [0.15, 0.2) is 29.1 Å². The van der Waals surface area contributed by atoms with Gasteiger partial charge in [-0.05, 0) is 45.5 Å². The topological polar surface area (TPSA) is 49.8 Å². The van der Waals surface area contributed by atoms with Crippen LogP contribution in [-0.4, -0.2) is 23.4 Å². The average Bonchev–Trinajstić information content (AvgIpc) is 2.63. The van der Waals surface area contributed by atoms with E-state index in [4.69, 9.17) is 0 Å². The van der Waals surface area contributed by atoms with Crippen LogP contribution in [-0.2, 0) is 6.42 Å². The van der Waals surface area contributed by atoms with Gasteiger partial charge >= 0.3 is 0 Å². The van der Waals surface area contributed by atoms with Crippen molar-refractivity contribution in [3.05, 3.63) is 51.4 Å². The van der Waals surface area contributed by atoms with E-state index in [0.717, 1.165) is 35.5 Å². The zero-order valence-corrected chi connectivity index (χ0v) is 11.1. The van der Waals surface area contributed by atoms with Crippen molar-refractivity contribution in [2.24, 2.45) is 0 Å². The molecule has 1 heterocycles. The number of benzene rings is 1. The van der Waals surface area contributed by atoms with Crippen LogP contribution in [0.5, 0.6) is 0 Å². The second-order valence-corrected chi connectivity index (χ2v) is 4.48. The van der Waals surface area contributed by atoms with Crippen molar-refractivity contribution in [1.82, 2.24) is 15.1 Å². The molecule has 0 aliphatic heterocycles. The highest BCUT2D eigenvalue weighted by molar-refractivity contribution is 5.41. The number of hydrogen-bond acceptors (Lipinski definition) is 2. The van der Waals surface area contributed by atoms with E-state index in [2.05, 4.69) is 10.4 Å². The Labute approximate surface area is 107 Å². The molecule has 1 aromatic heterocycles. The first-order chi connectivity index (χ1) is 8.65. The van der Waals surface area contributed by atoms with Gasteiger partial charge in [-0.3, -0.25) is 14.6 Å². The molecule has 0 amide bonds. The SMILES string of the molecule is CNCCc1c(C)n(-c2ccccc2C)[nH]c1=O. The molecule has 18 heavy (non-hydrogen) atoms. The van der Waals surface area contributed by atoms with Crippen LogP contribution in [0.3, 0.4) is 0 Å². The molecular formula is C14H19N3O. The van der Waals surface area contributed by atoms with Gasteiger partial charge in [0, 0.05) is 11.3 Å². The number of rotatable bonds is 4. The lowest BCUT2D eigenvalue weighted by Crippen LogP contribution is -2.15. The molecule has 0 atom stereocenters. The quantitative estimate of drug-likeness (QED) is 0.858. The molecule has 0 spiro atoms. The average molecular weight is 245 g/mol. The maximum Gasteiger partial charge on any atom is 0.267 e. The summed E-state index contributed by atoms with van der Waals surface area (Å²) in [6.45, 7) is 4.83. The predicted octanol–water partition coefficient (Wildman–Crippen LogP) is 1.54. The van der Waals surface area contributed by atoms with Gasteiger partial charge in [0.2, 0.25) is 0 Å². The van der Waals surface area contributed by atoms with E-state index in [1.807, 2.05) is 49.8 Å². The molecule has 0 aliphatic rings. The van der Waals surface area contributed by atoms with Crippen LogP contribution < -0.4 is 10.9 Å². The largest absolute Gasteiger partial charge is 0.319 e. The van der Waals surface area contributed by atoms with Gasteiger partial charge in [-0.25, -0.2) is 0 Å². The third-order valence-corrected chi connectivity index (χ3v) is 3.24. The van der Waals surface area contributed by atoms with E-state index in [1.54, 1.807) is 0 Å². The molecule has 0 unspecified atom stereocenters. The molecule has 4 heteroatoms. The van der Waals surface area contributed by atoms with E-state index in [9.17, 15) is 4.79 Å². The van der Waals surface area contributed by atoms with Gasteiger partial charge in [-0.2, -0.15) is 0 Å². The normalized spacial score (nSPS) is 10.8. The van der Waals surface area contributed by atoms with Crippen LogP contribution in [0, 0.1) is 13.8 Å². The fourth-order valence-corrected chi connectivity index (χ4v) is 2.15. The molecular weight excluding hydrogens is 226 g/mol. The summed E-state index contributed by atoms with van der Waals surface area (Å²) in [5, 5.41) is 5.98. The van der Waals surface area contributed by atoms with Crippen LogP contribution in [0.4, 0.5) is 0 Å². The number of nitrogens with one attached hydrogen (secondary N) is 2. The van der Waals surface area contributed by atoms with Crippen LogP contribution >= 0.6 is 0 Å². The van der Waals surface area contributed by atoms with Crippen molar-refractivity contribution >= 4 is 0 Å². The molecule has 96 valence electrons. The Kier molecular flexibility index (Phi) is 3.67. The molecule has 0 saturated carbocycles. The summed E-state index contributed by atoms with van der Waals surface area (Å²) < 4.78 is 1.88. The Hall–Kier alpha value is -1.81. The van der Waals surface area contributed by atoms with Crippen LogP contribution in [0.2, 0.25) is 0 Å². The number of aromatic amines is 1. The first-order valence-electron chi connectivity index (χ1n) is 6.16. The summed E-state index contributed by atoms with van der Waals surface area (Å²) in [6, 6.07) is 8.03. The second kappa shape index (κ2) is 5.23. The summed E-state index contributed by atoms with van der Waals surface area (Å²) in [7, 11) is 1.89. The summed E-state index contributed by atoms with van der Waals surface area (Å²) in [4.78, 5) is 11.9. The minimum atomic E-state index is 0.00556. The molecule has 1 aromatic carbocycles. The number of aromatic nitrogens is 2. The molecule has 0 bridgehead atoms. The maximum atomic E-state index is 11.9. The van der Waals surface area contributed by atoms with E-state index in [-0.39, 0.29) is 5.56 Å². The van der Waals surface area contributed by atoms with Gasteiger partial charge in [0.05, 0.1) is 5.69 Å². The number of hydrogen-bond donors (Lipinski definition) is 2. The third-order valence-electron chi connectivity index (χ3n) is 3.24. The van der Waals surface area contributed by atoms with Crippen molar-refractivity contribution in [2.45, 2.75) is 20.3 Å². The number of nitrogens with zero attached hydrogens (tertiary/aromatic N) is 1. The van der Waals surface area contributed by atoms with Crippen LogP contribution in [0.25, 0.3) is 5.69 Å². The Balaban J connectivity index is 2.48. The maximum absolute atomic E-state index is 11.9. The molecule has 0 saturated heterocycles. The molecule has 0 radical (unpaired) electrons. The Bertz CT molecular complexity index is 595. The molecule has 2 rings (SSSR count). The molecule has 2 aromatic rings. The fraction of sp³-hybridized carbons (Fsp3) is 0.357. The van der Waals surface area contributed by atoms with Crippen molar-refractivity contribution in [3.63, 3.8) is 0 Å². The molecule has 0 aliphatic carbocycles. The van der Waals surface area contributed by atoms with Gasteiger partial charge in [0.15, 0.2) is 0 Å². The first kappa shape index (κ1) is 12.6. The zero-order valence-electron chi connectivity index (χ0n) is 11.1. The third kappa shape index (κ3) is 2.24. The lowest BCUT2D eigenvalue weighted by Gasteiger charge is -2.09. The number of H-pyrrole nitrogens is 1. The Morgan fingerprint density at radius 3 is 2.67 bits per heavy atom. The Morgan fingerprint density at radius 1 is 1.28 bits per heavy atom. The minimum Gasteiger partial charge on any atom is -0.319 e. The van der Waals surface area contributed by atoms with E-state index in [1.165, 1.54) is 0 Å². The van der Waals surface area contributed by atoms with Gasteiger partial charge < -0.3 is 5.32 Å². The van der Waals surface area contributed by atoms with Gasteiger partial charge in [-0.1, -0.05) is 18.2 Å². The van der Waals surface area contributed by atoms with Gasteiger partial charge in [0.1, 0.15) is 0 Å². The first-order valence-corrected chi connectivity index (χ1v) is 6.16. The van der Waals surface area contributed by atoms with Crippen molar-refractivity contribution in [2.75, 3.05) is 13.6 Å². The van der Waals surface area contributed by atoms with Crippen molar-refractivity contribution < 1.29 is 0 Å². The second-order valence-electron chi connectivity index (χ2n) is 4.48. The zero-order chi connectivity index (χ0) is 13.1. The van der Waals surface area contributed by atoms with Gasteiger partial charge in [0.25, 0.3) is 5.56 Å². The van der Waals surface area contributed by atoms with E-state index in [0.29, 0.717) is 0 Å².